The molecule has 0 N–H and O–H groups in total. The van der Waals surface area contributed by atoms with Gasteiger partial charge in [0.05, 0.1) is 16.7 Å². The van der Waals surface area contributed by atoms with Gasteiger partial charge in [-0.25, -0.2) is 0 Å². The fourth-order valence-corrected chi connectivity index (χ4v) is 9.13. The average Bonchev–Trinajstić information content (AvgIpc) is 3.69. The van der Waals surface area contributed by atoms with Gasteiger partial charge in [-0.3, -0.25) is 0 Å². The van der Waals surface area contributed by atoms with E-state index in [2.05, 4.69) is 232 Å². The summed E-state index contributed by atoms with van der Waals surface area (Å²) in [4.78, 5) is 2.39. The first-order chi connectivity index (χ1) is 27.7. The Hall–Kier alpha value is -6.64. The summed E-state index contributed by atoms with van der Waals surface area (Å²) in [5.74, 6) is 0. The minimum atomic E-state index is -0.0794. The number of nitrogens with zero attached hydrogens (tertiary/aromatic N) is 2. The van der Waals surface area contributed by atoms with Crippen LogP contribution in [0.1, 0.15) is 51.3 Å². The minimum Gasteiger partial charge on any atom is -0.310 e. The van der Waals surface area contributed by atoms with Gasteiger partial charge < -0.3 is 9.47 Å². The number of benzene rings is 8. The second kappa shape index (κ2) is 13.2. The van der Waals surface area contributed by atoms with E-state index < -0.39 is 0 Å². The molecule has 57 heavy (non-hydrogen) atoms. The van der Waals surface area contributed by atoms with Gasteiger partial charge in [-0.05, 0) is 111 Å². The van der Waals surface area contributed by atoms with Crippen molar-refractivity contribution in [3.63, 3.8) is 0 Å². The van der Waals surface area contributed by atoms with E-state index in [1.54, 1.807) is 0 Å². The Labute approximate surface area is 336 Å². The number of hydrogen-bond acceptors (Lipinski definition) is 1. The highest BCUT2D eigenvalue weighted by Gasteiger charge is 2.35. The predicted molar refractivity (Wildman–Crippen MR) is 243 cm³/mol. The lowest BCUT2D eigenvalue weighted by atomic mass is 9.82. The van der Waals surface area contributed by atoms with Gasteiger partial charge in [-0.1, -0.05) is 162 Å². The van der Waals surface area contributed by atoms with E-state index in [1.807, 2.05) is 0 Å². The summed E-state index contributed by atoms with van der Waals surface area (Å²) in [6.45, 7) is 11.5. The van der Waals surface area contributed by atoms with Crippen LogP contribution < -0.4 is 4.90 Å². The molecular formula is C55H46N2. The Morgan fingerprint density at radius 3 is 1.77 bits per heavy atom. The zero-order chi connectivity index (χ0) is 38.9. The van der Waals surface area contributed by atoms with Crippen molar-refractivity contribution in [3.05, 3.63) is 205 Å². The van der Waals surface area contributed by atoms with E-state index in [-0.39, 0.29) is 10.8 Å². The van der Waals surface area contributed by atoms with Crippen molar-refractivity contribution in [3.8, 4) is 39.1 Å². The summed E-state index contributed by atoms with van der Waals surface area (Å²) in [5.41, 5.74) is 18.6. The van der Waals surface area contributed by atoms with Crippen LogP contribution in [0.25, 0.3) is 60.9 Å². The molecule has 0 saturated carbocycles. The summed E-state index contributed by atoms with van der Waals surface area (Å²) in [5, 5.41) is 2.51. The second-order valence-corrected chi connectivity index (χ2v) is 17.0. The van der Waals surface area contributed by atoms with Crippen molar-refractivity contribution in [2.45, 2.75) is 45.4 Å². The molecule has 0 bridgehead atoms. The van der Waals surface area contributed by atoms with E-state index >= 15 is 0 Å². The molecule has 1 aliphatic carbocycles. The lowest BCUT2D eigenvalue weighted by Crippen LogP contribution is -2.16. The Kier molecular flexibility index (Phi) is 8.09. The van der Waals surface area contributed by atoms with Crippen molar-refractivity contribution < 1.29 is 0 Å². The van der Waals surface area contributed by atoms with Gasteiger partial charge in [0.15, 0.2) is 0 Å². The Balaban J connectivity index is 1.06. The number of anilines is 3. The van der Waals surface area contributed by atoms with Crippen molar-refractivity contribution >= 4 is 38.9 Å². The highest BCUT2D eigenvalue weighted by molar-refractivity contribution is 6.11. The molecule has 0 radical (unpaired) electrons. The molecule has 0 spiro atoms. The molecule has 0 atom stereocenters. The molecule has 2 nitrogen and oxygen atoms in total. The Morgan fingerprint density at radius 2 is 1.00 bits per heavy atom. The third-order valence-electron chi connectivity index (χ3n) is 12.2. The van der Waals surface area contributed by atoms with E-state index in [0.717, 1.165) is 17.1 Å². The van der Waals surface area contributed by atoms with Crippen LogP contribution in [0, 0.1) is 0 Å². The Morgan fingerprint density at radius 1 is 0.421 bits per heavy atom. The average molecular weight is 735 g/mol. The predicted octanol–water partition coefficient (Wildman–Crippen LogP) is 15.2. The zero-order valence-corrected chi connectivity index (χ0v) is 33.3. The highest BCUT2D eigenvalue weighted by atomic mass is 15.1. The summed E-state index contributed by atoms with van der Waals surface area (Å²) < 4.78 is 2.45. The van der Waals surface area contributed by atoms with Gasteiger partial charge in [0.1, 0.15) is 0 Å². The summed E-state index contributed by atoms with van der Waals surface area (Å²) in [6, 6.07) is 69.4. The van der Waals surface area contributed by atoms with Crippen LogP contribution in [0.4, 0.5) is 17.1 Å². The largest absolute Gasteiger partial charge is 0.310 e. The SMILES string of the molecule is CC(C)(C)c1ccc(-c2ccc3c(c2)c2ccccc2n3-c2ccccc2-c2ccc(N(c3ccccc3)c3ccc4c(c3)C(C)(C)c3ccccc3-4)cc2)cc1. The lowest BCUT2D eigenvalue weighted by molar-refractivity contribution is 0.590. The molecule has 1 aliphatic rings. The lowest BCUT2D eigenvalue weighted by Gasteiger charge is -2.28. The van der Waals surface area contributed by atoms with Gasteiger partial charge in [0.25, 0.3) is 0 Å². The smallest absolute Gasteiger partial charge is 0.0541 e. The van der Waals surface area contributed by atoms with Crippen LogP contribution in [-0.4, -0.2) is 4.57 Å². The molecule has 1 aromatic heterocycles. The molecule has 0 fully saturated rings. The van der Waals surface area contributed by atoms with E-state index in [0.29, 0.717) is 0 Å². The fraction of sp³-hybridized carbons (Fsp3) is 0.127. The van der Waals surface area contributed by atoms with Gasteiger partial charge in [0, 0.05) is 38.8 Å². The van der Waals surface area contributed by atoms with Gasteiger partial charge in [0.2, 0.25) is 0 Å². The number of hydrogen-bond donors (Lipinski definition) is 0. The molecule has 9 aromatic rings. The van der Waals surface area contributed by atoms with Crippen LogP contribution in [0.2, 0.25) is 0 Å². The summed E-state index contributed by atoms with van der Waals surface area (Å²) >= 11 is 0. The van der Waals surface area contributed by atoms with Crippen molar-refractivity contribution in [1.82, 2.24) is 4.57 Å². The maximum atomic E-state index is 2.45. The third-order valence-corrected chi connectivity index (χ3v) is 12.2. The first kappa shape index (κ1) is 34.8. The third kappa shape index (κ3) is 5.78. The minimum absolute atomic E-state index is 0.0794. The van der Waals surface area contributed by atoms with Crippen LogP contribution in [-0.2, 0) is 10.8 Å². The molecular weight excluding hydrogens is 689 g/mol. The quantitative estimate of drug-likeness (QED) is 0.165. The van der Waals surface area contributed by atoms with E-state index in [9.17, 15) is 0 Å². The maximum Gasteiger partial charge on any atom is 0.0541 e. The molecule has 8 aromatic carbocycles. The van der Waals surface area contributed by atoms with Gasteiger partial charge in [-0.15, -0.1) is 0 Å². The molecule has 0 saturated heterocycles. The van der Waals surface area contributed by atoms with Crippen LogP contribution in [0.15, 0.2) is 188 Å². The molecule has 2 heteroatoms. The standard InChI is InChI=1S/C55H46N2/c1-54(2,3)40-28-23-37(24-29-40)39-27-34-53-48(35-39)47-19-11-14-22-52(47)57(53)51-21-13-10-17-44(51)38-25-30-42(31-26-38)56(41-15-7-6-8-16-41)43-32-33-46-45-18-9-12-20-49(45)55(4,5)50(46)36-43/h6-36H,1-5H3. The Bertz CT molecular complexity index is 2940. The molecule has 0 aliphatic heterocycles. The first-order valence-corrected chi connectivity index (χ1v) is 20.1. The van der Waals surface area contributed by atoms with Crippen LogP contribution in [0.3, 0.4) is 0 Å². The first-order valence-electron chi connectivity index (χ1n) is 20.1. The monoisotopic (exact) mass is 734 g/mol. The van der Waals surface area contributed by atoms with Crippen molar-refractivity contribution in [2.75, 3.05) is 4.90 Å². The van der Waals surface area contributed by atoms with Crippen LogP contribution in [0.5, 0.6) is 0 Å². The van der Waals surface area contributed by atoms with Gasteiger partial charge >= 0.3 is 0 Å². The normalized spacial score (nSPS) is 13.1. The zero-order valence-electron chi connectivity index (χ0n) is 33.3. The van der Waals surface area contributed by atoms with Crippen molar-refractivity contribution in [2.24, 2.45) is 0 Å². The topological polar surface area (TPSA) is 8.17 Å². The van der Waals surface area contributed by atoms with Gasteiger partial charge in [-0.2, -0.15) is 0 Å². The molecule has 276 valence electrons. The van der Waals surface area contributed by atoms with Crippen LogP contribution >= 0.6 is 0 Å². The molecule has 0 unspecified atom stereocenters. The highest BCUT2D eigenvalue weighted by Crippen LogP contribution is 2.50. The molecule has 10 rings (SSSR count). The summed E-state index contributed by atoms with van der Waals surface area (Å²) in [7, 11) is 0. The number of para-hydroxylation sites is 3. The number of fused-ring (bicyclic) bond motifs is 6. The second-order valence-electron chi connectivity index (χ2n) is 17.0. The molecule has 0 amide bonds. The molecule has 1 heterocycles. The maximum absolute atomic E-state index is 2.45. The van der Waals surface area contributed by atoms with Crippen molar-refractivity contribution in [1.29, 1.82) is 0 Å². The fourth-order valence-electron chi connectivity index (χ4n) is 9.13. The summed E-state index contributed by atoms with van der Waals surface area (Å²) in [6.07, 6.45) is 0. The number of rotatable bonds is 6. The number of aromatic nitrogens is 1. The van der Waals surface area contributed by atoms with E-state index in [4.69, 9.17) is 0 Å². The van der Waals surface area contributed by atoms with E-state index in [1.165, 1.54) is 77.6 Å².